The van der Waals surface area contributed by atoms with Gasteiger partial charge in [-0.1, -0.05) is 41.4 Å². The van der Waals surface area contributed by atoms with E-state index in [4.69, 9.17) is 27.9 Å². The lowest BCUT2D eigenvalue weighted by Gasteiger charge is -2.34. The van der Waals surface area contributed by atoms with Gasteiger partial charge in [0.25, 0.3) is 5.91 Å². The van der Waals surface area contributed by atoms with Gasteiger partial charge in [-0.05, 0) is 24.3 Å². The molecule has 1 heterocycles. The zero-order valence-corrected chi connectivity index (χ0v) is 13.7. The average Bonchev–Trinajstić information content (AvgIpc) is 2.52. The van der Waals surface area contributed by atoms with Crippen molar-refractivity contribution in [2.75, 3.05) is 13.2 Å². The van der Waals surface area contributed by atoms with E-state index in [-0.39, 0.29) is 12.5 Å². The molecule has 1 unspecified atom stereocenters. The summed E-state index contributed by atoms with van der Waals surface area (Å²) in [6.45, 7) is 0.475. The number of nitrogens with one attached hydrogen (secondary N) is 1. The second-order valence-electron chi connectivity index (χ2n) is 5.47. The Bertz CT molecular complexity index is 730. The van der Waals surface area contributed by atoms with Crippen LogP contribution in [0.2, 0.25) is 10.0 Å². The smallest absolute Gasteiger partial charge is 0.251 e. The summed E-state index contributed by atoms with van der Waals surface area (Å²) < 4.78 is 5.53. The SMILES string of the molecule is O=C(NCC1(O)CCOc2ccccc21)c1cc(Cl)cc(Cl)c1. The van der Waals surface area contributed by atoms with Crippen LogP contribution in [0.5, 0.6) is 5.75 Å². The van der Waals surface area contributed by atoms with Gasteiger partial charge in [-0.3, -0.25) is 4.79 Å². The zero-order chi connectivity index (χ0) is 16.4. The number of benzene rings is 2. The van der Waals surface area contributed by atoms with Crippen molar-refractivity contribution in [3.05, 3.63) is 63.6 Å². The maximum Gasteiger partial charge on any atom is 0.251 e. The molecule has 3 rings (SSSR count). The summed E-state index contributed by atoms with van der Waals surface area (Å²) in [6.07, 6.45) is 0.403. The minimum Gasteiger partial charge on any atom is -0.493 e. The Labute approximate surface area is 144 Å². The molecule has 0 bridgehead atoms. The molecule has 0 aliphatic carbocycles. The molecule has 4 nitrogen and oxygen atoms in total. The quantitative estimate of drug-likeness (QED) is 0.890. The molecule has 0 spiro atoms. The third kappa shape index (κ3) is 3.44. The largest absolute Gasteiger partial charge is 0.493 e. The van der Waals surface area contributed by atoms with Crippen LogP contribution in [-0.2, 0) is 5.60 Å². The van der Waals surface area contributed by atoms with Crippen LogP contribution >= 0.6 is 23.2 Å². The molecule has 1 aliphatic heterocycles. The molecule has 0 fully saturated rings. The standard InChI is InChI=1S/C17H15Cl2NO3/c18-12-7-11(8-13(19)9-12)16(21)20-10-17(22)5-6-23-15-4-2-1-3-14(15)17/h1-4,7-9,22H,5-6,10H2,(H,20,21). The van der Waals surface area contributed by atoms with E-state index in [1.807, 2.05) is 12.1 Å². The Morgan fingerprint density at radius 2 is 1.91 bits per heavy atom. The molecule has 1 atom stereocenters. The van der Waals surface area contributed by atoms with Crippen molar-refractivity contribution < 1.29 is 14.6 Å². The molecule has 0 radical (unpaired) electrons. The first-order valence-electron chi connectivity index (χ1n) is 7.17. The van der Waals surface area contributed by atoms with E-state index in [0.29, 0.717) is 39.9 Å². The van der Waals surface area contributed by atoms with E-state index < -0.39 is 5.60 Å². The first kappa shape index (κ1) is 16.1. The normalized spacial score (nSPS) is 19.6. The first-order valence-corrected chi connectivity index (χ1v) is 7.92. The molecule has 2 N–H and O–H groups in total. The molecule has 2 aromatic carbocycles. The number of fused-ring (bicyclic) bond motifs is 1. The Morgan fingerprint density at radius 1 is 1.22 bits per heavy atom. The van der Waals surface area contributed by atoms with Gasteiger partial charge in [-0.25, -0.2) is 0 Å². The molecule has 0 aromatic heterocycles. The maximum absolute atomic E-state index is 12.3. The molecule has 1 aliphatic rings. The highest BCUT2D eigenvalue weighted by atomic mass is 35.5. The van der Waals surface area contributed by atoms with Crippen molar-refractivity contribution >= 4 is 29.1 Å². The minimum absolute atomic E-state index is 0.0797. The number of aliphatic hydroxyl groups is 1. The molecule has 2 aromatic rings. The van der Waals surface area contributed by atoms with E-state index in [0.717, 1.165) is 0 Å². The van der Waals surface area contributed by atoms with Crippen molar-refractivity contribution in [2.45, 2.75) is 12.0 Å². The minimum atomic E-state index is -1.16. The summed E-state index contributed by atoms with van der Waals surface area (Å²) in [5.74, 6) is 0.299. The Balaban J connectivity index is 1.76. The number of hydrogen-bond acceptors (Lipinski definition) is 3. The lowest BCUT2D eigenvalue weighted by atomic mass is 9.88. The molecular formula is C17H15Cl2NO3. The predicted molar refractivity (Wildman–Crippen MR) is 89.2 cm³/mol. The Morgan fingerprint density at radius 3 is 2.65 bits per heavy atom. The number of amides is 1. The van der Waals surface area contributed by atoms with Gasteiger partial charge >= 0.3 is 0 Å². The number of hydrogen-bond donors (Lipinski definition) is 2. The number of carbonyl (C=O) groups excluding carboxylic acids is 1. The second kappa shape index (κ2) is 6.40. The third-order valence-electron chi connectivity index (χ3n) is 3.83. The van der Waals surface area contributed by atoms with Gasteiger partial charge in [0, 0.05) is 27.6 Å². The van der Waals surface area contributed by atoms with E-state index in [1.54, 1.807) is 18.2 Å². The van der Waals surface area contributed by atoms with Gasteiger partial charge in [-0.15, -0.1) is 0 Å². The van der Waals surface area contributed by atoms with Crippen molar-refractivity contribution in [1.29, 1.82) is 0 Å². The van der Waals surface area contributed by atoms with Crippen molar-refractivity contribution in [1.82, 2.24) is 5.32 Å². The summed E-state index contributed by atoms with van der Waals surface area (Å²) in [6, 6.07) is 11.9. The Kier molecular flexibility index (Phi) is 4.48. The molecule has 6 heteroatoms. The van der Waals surface area contributed by atoms with Gasteiger partial charge < -0.3 is 15.2 Å². The fraction of sp³-hybridized carbons (Fsp3) is 0.235. The van der Waals surface area contributed by atoms with Gasteiger partial charge in [0.1, 0.15) is 11.4 Å². The van der Waals surface area contributed by atoms with Crippen LogP contribution in [0, 0.1) is 0 Å². The monoisotopic (exact) mass is 351 g/mol. The van der Waals surface area contributed by atoms with Crippen LogP contribution in [0.3, 0.4) is 0 Å². The van der Waals surface area contributed by atoms with Crippen LogP contribution in [0.25, 0.3) is 0 Å². The number of carbonyl (C=O) groups is 1. The molecular weight excluding hydrogens is 337 g/mol. The predicted octanol–water partition coefficient (Wildman–Crippen LogP) is 3.39. The average molecular weight is 352 g/mol. The number of halogens is 2. The highest BCUT2D eigenvalue weighted by Gasteiger charge is 2.35. The summed E-state index contributed by atoms with van der Waals surface area (Å²) >= 11 is 11.8. The van der Waals surface area contributed by atoms with Gasteiger partial charge in [-0.2, -0.15) is 0 Å². The first-order chi connectivity index (χ1) is 11.0. The molecule has 23 heavy (non-hydrogen) atoms. The number of ether oxygens (including phenoxy) is 1. The van der Waals surface area contributed by atoms with Crippen LogP contribution in [0.1, 0.15) is 22.3 Å². The molecule has 0 saturated heterocycles. The lowest BCUT2D eigenvalue weighted by Crippen LogP contribution is -2.43. The highest BCUT2D eigenvalue weighted by molar-refractivity contribution is 6.35. The number of para-hydroxylation sites is 1. The highest BCUT2D eigenvalue weighted by Crippen LogP contribution is 2.36. The van der Waals surface area contributed by atoms with Crippen LogP contribution in [0.15, 0.2) is 42.5 Å². The van der Waals surface area contributed by atoms with Gasteiger partial charge in [0.15, 0.2) is 0 Å². The maximum atomic E-state index is 12.3. The van der Waals surface area contributed by atoms with Gasteiger partial charge in [0.2, 0.25) is 0 Å². The Hall–Kier alpha value is -1.75. The molecule has 1 amide bonds. The molecule has 120 valence electrons. The topological polar surface area (TPSA) is 58.6 Å². The fourth-order valence-electron chi connectivity index (χ4n) is 2.64. The summed E-state index contributed by atoms with van der Waals surface area (Å²) in [5, 5.41) is 14.4. The lowest BCUT2D eigenvalue weighted by molar-refractivity contribution is -0.00160. The van der Waals surface area contributed by atoms with Crippen molar-refractivity contribution in [2.24, 2.45) is 0 Å². The molecule has 0 saturated carbocycles. The van der Waals surface area contributed by atoms with Gasteiger partial charge in [0.05, 0.1) is 13.2 Å². The van der Waals surface area contributed by atoms with Crippen molar-refractivity contribution in [3.63, 3.8) is 0 Å². The zero-order valence-electron chi connectivity index (χ0n) is 12.2. The summed E-state index contributed by atoms with van der Waals surface area (Å²) in [4.78, 5) is 12.3. The van der Waals surface area contributed by atoms with E-state index >= 15 is 0 Å². The van der Waals surface area contributed by atoms with Crippen molar-refractivity contribution in [3.8, 4) is 5.75 Å². The van der Waals surface area contributed by atoms with E-state index in [9.17, 15) is 9.90 Å². The number of rotatable bonds is 3. The summed E-state index contributed by atoms with van der Waals surface area (Å²) in [5.41, 5.74) is -0.130. The second-order valence-corrected chi connectivity index (χ2v) is 6.34. The van der Waals surface area contributed by atoms with E-state index in [1.165, 1.54) is 12.1 Å². The fourth-order valence-corrected chi connectivity index (χ4v) is 3.16. The van der Waals surface area contributed by atoms with Crippen LogP contribution in [-0.4, -0.2) is 24.2 Å². The van der Waals surface area contributed by atoms with E-state index in [2.05, 4.69) is 5.32 Å². The van der Waals surface area contributed by atoms with Crippen LogP contribution < -0.4 is 10.1 Å². The van der Waals surface area contributed by atoms with Crippen LogP contribution in [0.4, 0.5) is 0 Å². The third-order valence-corrected chi connectivity index (χ3v) is 4.26. The summed E-state index contributed by atoms with van der Waals surface area (Å²) in [7, 11) is 0.